The summed E-state index contributed by atoms with van der Waals surface area (Å²) in [4.78, 5) is 23.5. The number of carbonyl (C=O) groups excluding carboxylic acids is 2. The molecule has 0 unspecified atom stereocenters. The SMILES string of the molecule is C=CC(=O)OCCCCCCOc1ccc(C(=O)Oc2ccc(C3CCC(CCC)CC3)cc2)cc1.[B]. The van der Waals surface area contributed by atoms with Crippen LogP contribution in [0.5, 0.6) is 11.5 Å². The Labute approximate surface area is 224 Å². The Morgan fingerprint density at radius 2 is 1.49 bits per heavy atom. The van der Waals surface area contributed by atoms with E-state index >= 15 is 0 Å². The molecule has 1 fully saturated rings. The normalized spacial score (nSPS) is 16.8. The van der Waals surface area contributed by atoms with Crippen molar-refractivity contribution in [3.63, 3.8) is 0 Å². The lowest BCUT2D eigenvalue weighted by molar-refractivity contribution is -0.137. The highest BCUT2D eigenvalue weighted by atomic mass is 16.5. The first kappa shape index (κ1) is 30.2. The second-order valence-corrected chi connectivity index (χ2v) is 9.62. The summed E-state index contributed by atoms with van der Waals surface area (Å²) in [5.41, 5.74) is 1.84. The van der Waals surface area contributed by atoms with E-state index in [4.69, 9.17) is 14.2 Å². The summed E-state index contributed by atoms with van der Waals surface area (Å²) in [6.45, 7) is 6.67. The maximum atomic E-state index is 12.6. The second kappa shape index (κ2) is 16.7. The molecule has 2 aromatic rings. The predicted octanol–water partition coefficient (Wildman–Crippen LogP) is 7.27. The van der Waals surface area contributed by atoms with Crippen LogP contribution in [0.15, 0.2) is 61.2 Å². The van der Waals surface area contributed by atoms with Gasteiger partial charge >= 0.3 is 11.9 Å². The smallest absolute Gasteiger partial charge is 0.343 e. The quantitative estimate of drug-likeness (QED) is 0.0892. The summed E-state index contributed by atoms with van der Waals surface area (Å²) >= 11 is 0. The van der Waals surface area contributed by atoms with Crippen molar-refractivity contribution in [2.24, 2.45) is 5.92 Å². The van der Waals surface area contributed by atoms with Crippen molar-refractivity contribution < 1.29 is 23.8 Å². The third kappa shape index (κ3) is 10.5. The first-order valence-electron chi connectivity index (χ1n) is 13.4. The Hall–Kier alpha value is -3.02. The summed E-state index contributed by atoms with van der Waals surface area (Å²) < 4.78 is 16.3. The van der Waals surface area contributed by atoms with Crippen LogP contribution in [0.25, 0.3) is 0 Å². The van der Waals surface area contributed by atoms with E-state index in [0.717, 1.165) is 37.4 Å². The van der Waals surface area contributed by atoms with E-state index in [1.54, 1.807) is 24.3 Å². The number of unbranched alkanes of at least 4 members (excludes halogenated alkanes) is 3. The summed E-state index contributed by atoms with van der Waals surface area (Å²) in [7, 11) is 0. The molecule has 0 saturated heterocycles. The molecular formula is C31H40BO5. The van der Waals surface area contributed by atoms with Gasteiger partial charge in [0.1, 0.15) is 11.5 Å². The minimum atomic E-state index is -0.376. The molecule has 1 aliphatic rings. The van der Waals surface area contributed by atoms with Crippen molar-refractivity contribution in [3.8, 4) is 11.5 Å². The van der Waals surface area contributed by atoms with Gasteiger partial charge < -0.3 is 14.2 Å². The summed E-state index contributed by atoms with van der Waals surface area (Å²) in [5, 5.41) is 0. The molecule has 0 atom stereocenters. The van der Waals surface area contributed by atoms with Crippen LogP contribution in [0.1, 0.15) is 93.0 Å². The lowest BCUT2D eigenvalue weighted by Crippen LogP contribution is -2.13. The largest absolute Gasteiger partial charge is 0.494 e. The first-order valence-corrected chi connectivity index (χ1v) is 13.4. The van der Waals surface area contributed by atoms with Gasteiger partial charge in [-0.2, -0.15) is 0 Å². The predicted molar refractivity (Wildman–Crippen MR) is 148 cm³/mol. The van der Waals surface area contributed by atoms with Crippen LogP contribution in [-0.4, -0.2) is 33.6 Å². The van der Waals surface area contributed by atoms with Crippen molar-refractivity contribution in [2.75, 3.05) is 13.2 Å². The van der Waals surface area contributed by atoms with Crippen molar-refractivity contribution in [2.45, 2.75) is 77.0 Å². The van der Waals surface area contributed by atoms with Gasteiger partial charge in [-0.15, -0.1) is 0 Å². The van der Waals surface area contributed by atoms with Crippen LogP contribution < -0.4 is 9.47 Å². The van der Waals surface area contributed by atoms with Crippen LogP contribution in [0.3, 0.4) is 0 Å². The molecule has 5 nitrogen and oxygen atoms in total. The van der Waals surface area contributed by atoms with Gasteiger partial charge in [0, 0.05) is 14.5 Å². The standard InChI is InChI=1S/C31H40O5.B/c1-3-9-24-10-12-25(13-11-24)26-14-20-29(21-15-26)36-31(33)27-16-18-28(19-17-27)34-22-7-5-6-8-23-35-30(32)4-2;/h4,14-21,24-25H,2-3,5-13,22-23H2,1H3;. The van der Waals surface area contributed by atoms with Crippen LogP contribution in [0, 0.1) is 5.92 Å². The van der Waals surface area contributed by atoms with Gasteiger partial charge in [-0.3, -0.25) is 0 Å². The maximum Gasteiger partial charge on any atom is 0.343 e. The zero-order valence-corrected chi connectivity index (χ0v) is 22.2. The molecule has 1 aliphatic carbocycles. The third-order valence-corrected chi connectivity index (χ3v) is 6.91. The maximum absolute atomic E-state index is 12.6. The van der Waals surface area contributed by atoms with Crippen LogP contribution in [0.4, 0.5) is 0 Å². The van der Waals surface area contributed by atoms with Crippen molar-refractivity contribution in [1.29, 1.82) is 0 Å². The lowest BCUT2D eigenvalue weighted by Gasteiger charge is -2.28. The van der Waals surface area contributed by atoms with E-state index in [1.807, 2.05) is 12.1 Å². The average molecular weight is 503 g/mol. The highest BCUT2D eigenvalue weighted by molar-refractivity contribution is 5.91. The monoisotopic (exact) mass is 503 g/mol. The Morgan fingerprint density at radius 1 is 0.865 bits per heavy atom. The summed E-state index contributed by atoms with van der Waals surface area (Å²) in [5.74, 6) is 2.07. The molecule has 0 heterocycles. The molecule has 0 aliphatic heterocycles. The molecule has 3 radical (unpaired) electrons. The molecular weight excluding hydrogens is 463 g/mol. The number of rotatable bonds is 14. The van der Waals surface area contributed by atoms with Crippen molar-refractivity contribution in [3.05, 3.63) is 72.3 Å². The van der Waals surface area contributed by atoms with Gasteiger partial charge in [-0.25, -0.2) is 9.59 Å². The Bertz CT molecular complexity index is 947. The van der Waals surface area contributed by atoms with E-state index in [2.05, 4.69) is 25.6 Å². The fraction of sp³-hybridized carbons (Fsp3) is 0.484. The molecule has 0 N–H and O–H groups in total. The molecule has 0 spiro atoms. The van der Waals surface area contributed by atoms with Gasteiger partial charge in [-0.05, 0) is 105 Å². The van der Waals surface area contributed by atoms with E-state index < -0.39 is 0 Å². The highest BCUT2D eigenvalue weighted by Gasteiger charge is 2.22. The number of esters is 2. The van der Waals surface area contributed by atoms with E-state index in [1.165, 1.54) is 50.2 Å². The molecule has 6 heteroatoms. The number of hydrogen-bond acceptors (Lipinski definition) is 5. The minimum Gasteiger partial charge on any atom is -0.494 e. The van der Waals surface area contributed by atoms with Crippen molar-refractivity contribution in [1.82, 2.24) is 0 Å². The molecule has 0 amide bonds. The fourth-order valence-electron chi connectivity index (χ4n) is 4.83. The zero-order valence-electron chi connectivity index (χ0n) is 22.2. The van der Waals surface area contributed by atoms with Gasteiger partial charge in [0.25, 0.3) is 0 Å². The van der Waals surface area contributed by atoms with Crippen LogP contribution in [0.2, 0.25) is 0 Å². The van der Waals surface area contributed by atoms with E-state index in [9.17, 15) is 9.59 Å². The van der Waals surface area contributed by atoms with Crippen LogP contribution in [-0.2, 0) is 9.53 Å². The fourth-order valence-corrected chi connectivity index (χ4v) is 4.83. The summed E-state index contributed by atoms with van der Waals surface area (Å²) in [6, 6.07) is 15.1. The number of benzene rings is 2. The molecule has 2 aromatic carbocycles. The first-order chi connectivity index (χ1) is 17.6. The van der Waals surface area contributed by atoms with Gasteiger partial charge in [0.2, 0.25) is 0 Å². The molecule has 0 aromatic heterocycles. The molecule has 0 bridgehead atoms. The lowest BCUT2D eigenvalue weighted by atomic mass is 9.77. The third-order valence-electron chi connectivity index (χ3n) is 6.91. The molecule has 1 saturated carbocycles. The van der Waals surface area contributed by atoms with Gasteiger partial charge in [0.15, 0.2) is 0 Å². The Kier molecular flexibility index (Phi) is 13.6. The molecule has 3 rings (SSSR count). The second-order valence-electron chi connectivity index (χ2n) is 9.62. The van der Waals surface area contributed by atoms with E-state index in [0.29, 0.717) is 30.4 Å². The van der Waals surface area contributed by atoms with Crippen LogP contribution >= 0.6 is 0 Å². The molecule has 37 heavy (non-hydrogen) atoms. The average Bonchev–Trinajstić information content (AvgIpc) is 2.91. The Balaban J connectivity index is 0.00000481. The van der Waals surface area contributed by atoms with E-state index in [-0.39, 0.29) is 20.4 Å². The topological polar surface area (TPSA) is 61.8 Å². The Morgan fingerprint density at radius 3 is 2.11 bits per heavy atom. The number of hydrogen-bond donors (Lipinski definition) is 0. The van der Waals surface area contributed by atoms with Gasteiger partial charge in [-0.1, -0.05) is 38.5 Å². The summed E-state index contributed by atoms with van der Waals surface area (Å²) in [6.07, 6.45) is 12.7. The number of carbonyl (C=O) groups is 2. The van der Waals surface area contributed by atoms with Gasteiger partial charge in [0.05, 0.1) is 18.8 Å². The highest BCUT2D eigenvalue weighted by Crippen LogP contribution is 2.37. The minimum absolute atomic E-state index is 0. The molecule has 197 valence electrons. The zero-order chi connectivity index (χ0) is 25.6. The number of ether oxygens (including phenoxy) is 3. The van der Waals surface area contributed by atoms with Crippen molar-refractivity contribution >= 4 is 20.4 Å².